The number of aromatic nitrogens is 6. The summed E-state index contributed by atoms with van der Waals surface area (Å²) in [7, 11) is 1.64. The lowest BCUT2D eigenvalue weighted by Gasteiger charge is -2.04. The number of aliphatic hydroxyl groups excluding tert-OH is 1. The summed E-state index contributed by atoms with van der Waals surface area (Å²) in [6, 6.07) is 23.3. The van der Waals surface area contributed by atoms with Crippen LogP contribution in [-0.4, -0.2) is 41.4 Å². The highest BCUT2D eigenvalue weighted by Crippen LogP contribution is 2.24. The summed E-state index contributed by atoms with van der Waals surface area (Å²) in [5.74, 6) is 0. The molecular weight excluding hydrogens is 511 g/mol. The van der Waals surface area contributed by atoms with Crippen molar-refractivity contribution in [2.45, 2.75) is 13.2 Å². The third kappa shape index (κ3) is 5.19. The summed E-state index contributed by atoms with van der Waals surface area (Å²) in [6.45, 7) is 0.357. The van der Waals surface area contributed by atoms with Crippen LogP contribution in [0.5, 0.6) is 0 Å². The SMILES string of the molecule is COCc1cnn2c(Cl)cc(-c3ccccc3)nc12.OCc1cnn2c(Cl)cc(-c3ccccc3)nc12. The highest BCUT2D eigenvalue weighted by atomic mass is 35.5. The second-order valence-corrected chi connectivity index (χ2v) is 8.84. The fourth-order valence-corrected chi connectivity index (χ4v) is 4.28. The second-order valence-electron chi connectivity index (χ2n) is 8.06. The lowest BCUT2D eigenvalue weighted by Crippen LogP contribution is -1.96. The van der Waals surface area contributed by atoms with Crippen LogP contribution in [0.4, 0.5) is 0 Å². The number of hydrogen-bond acceptors (Lipinski definition) is 6. The smallest absolute Gasteiger partial charge is 0.162 e. The molecule has 4 heterocycles. The first kappa shape index (κ1) is 24.9. The first-order valence-corrected chi connectivity index (χ1v) is 12.1. The van der Waals surface area contributed by atoms with Crippen molar-refractivity contribution in [1.29, 1.82) is 0 Å². The highest BCUT2D eigenvalue weighted by Gasteiger charge is 2.12. The Labute approximate surface area is 222 Å². The van der Waals surface area contributed by atoms with E-state index in [1.54, 1.807) is 30.1 Å². The molecule has 4 aromatic heterocycles. The molecular formula is C27H22Cl2N6O2. The van der Waals surface area contributed by atoms with Crippen LogP contribution >= 0.6 is 23.2 Å². The molecule has 0 fully saturated rings. The molecule has 0 saturated carbocycles. The quantitative estimate of drug-likeness (QED) is 0.285. The number of nitrogens with zero attached hydrogens (tertiary/aromatic N) is 6. The standard InChI is InChI=1S/C14H12ClN3O.C13H10ClN3O/c1-19-9-11-8-16-18-13(15)7-12(17-14(11)18)10-5-3-2-4-6-10;14-12-6-11(9-4-2-1-3-5-9)16-13-10(8-18)7-15-17(12)13/h2-8H,9H2,1H3;1-7,18H,8H2. The van der Waals surface area contributed by atoms with E-state index in [9.17, 15) is 5.11 Å². The zero-order valence-electron chi connectivity index (χ0n) is 19.8. The van der Waals surface area contributed by atoms with Crippen molar-refractivity contribution in [3.05, 3.63) is 107 Å². The molecule has 8 nitrogen and oxygen atoms in total. The number of fused-ring (bicyclic) bond motifs is 2. The first-order valence-electron chi connectivity index (χ1n) is 11.4. The molecule has 10 heteroatoms. The molecule has 37 heavy (non-hydrogen) atoms. The number of ether oxygens (including phenoxy) is 1. The van der Waals surface area contributed by atoms with Gasteiger partial charge in [0, 0.05) is 41.5 Å². The Morgan fingerprint density at radius 3 is 1.65 bits per heavy atom. The number of halogens is 2. The van der Waals surface area contributed by atoms with Gasteiger partial charge < -0.3 is 9.84 Å². The van der Waals surface area contributed by atoms with Gasteiger partial charge in [-0.05, 0) is 0 Å². The largest absolute Gasteiger partial charge is 0.391 e. The van der Waals surface area contributed by atoms with Crippen LogP contribution in [0.15, 0.2) is 85.2 Å². The van der Waals surface area contributed by atoms with Gasteiger partial charge in [0.2, 0.25) is 0 Å². The molecule has 186 valence electrons. The molecule has 0 radical (unpaired) electrons. The molecule has 6 aromatic rings. The predicted octanol–water partition coefficient (Wildman–Crippen LogP) is 5.74. The zero-order chi connectivity index (χ0) is 25.8. The van der Waals surface area contributed by atoms with E-state index in [2.05, 4.69) is 20.2 Å². The van der Waals surface area contributed by atoms with Crippen LogP contribution in [0, 0.1) is 0 Å². The Bertz CT molecular complexity index is 1650. The van der Waals surface area contributed by atoms with Crippen LogP contribution in [-0.2, 0) is 18.0 Å². The van der Waals surface area contributed by atoms with Crippen molar-refractivity contribution >= 4 is 34.5 Å². The van der Waals surface area contributed by atoms with Crippen LogP contribution < -0.4 is 0 Å². The molecule has 1 N–H and O–H groups in total. The van der Waals surface area contributed by atoms with Crippen molar-refractivity contribution in [2.24, 2.45) is 0 Å². The van der Waals surface area contributed by atoms with E-state index in [0.717, 1.165) is 33.7 Å². The van der Waals surface area contributed by atoms with E-state index in [0.29, 0.717) is 28.1 Å². The molecule has 0 spiro atoms. The fraction of sp³-hybridized carbons (Fsp3) is 0.111. The summed E-state index contributed by atoms with van der Waals surface area (Å²) < 4.78 is 8.27. The summed E-state index contributed by atoms with van der Waals surface area (Å²) in [4.78, 5) is 9.11. The van der Waals surface area contributed by atoms with E-state index < -0.39 is 0 Å². The molecule has 0 saturated heterocycles. The maximum absolute atomic E-state index is 9.24. The number of rotatable bonds is 5. The lowest BCUT2D eigenvalue weighted by molar-refractivity contribution is 0.186. The van der Waals surface area contributed by atoms with Gasteiger partial charge in [0.05, 0.1) is 37.0 Å². The summed E-state index contributed by atoms with van der Waals surface area (Å²) in [5.41, 5.74) is 6.50. The third-order valence-corrected chi connectivity index (χ3v) is 6.15. The normalized spacial score (nSPS) is 11.0. The van der Waals surface area contributed by atoms with Crippen molar-refractivity contribution in [3.8, 4) is 22.5 Å². The van der Waals surface area contributed by atoms with Gasteiger partial charge in [-0.3, -0.25) is 0 Å². The molecule has 0 aliphatic heterocycles. The summed E-state index contributed by atoms with van der Waals surface area (Å²) in [6.07, 6.45) is 3.30. The Hall–Kier alpha value is -3.82. The van der Waals surface area contributed by atoms with E-state index in [-0.39, 0.29) is 6.61 Å². The molecule has 0 aliphatic carbocycles. The van der Waals surface area contributed by atoms with Crippen LogP contribution in [0.2, 0.25) is 10.3 Å². The van der Waals surface area contributed by atoms with Gasteiger partial charge in [0.25, 0.3) is 0 Å². The molecule has 0 atom stereocenters. The Morgan fingerprint density at radius 2 is 1.19 bits per heavy atom. The average Bonchev–Trinajstić information content (AvgIpc) is 3.55. The number of aliphatic hydroxyl groups is 1. The van der Waals surface area contributed by atoms with Crippen molar-refractivity contribution in [3.63, 3.8) is 0 Å². The topological polar surface area (TPSA) is 89.8 Å². The van der Waals surface area contributed by atoms with Crippen LogP contribution in [0.1, 0.15) is 11.1 Å². The van der Waals surface area contributed by atoms with Gasteiger partial charge in [0.1, 0.15) is 10.3 Å². The van der Waals surface area contributed by atoms with Gasteiger partial charge >= 0.3 is 0 Å². The van der Waals surface area contributed by atoms with Gasteiger partial charge in [-0.15, -0.1) is 0 Å². The van der Waals surface area contributed by atoms with Gasteiger partial charge in [-0.1, -0.05) is 83.9 Å². The van der Waals surface area contributed by atoms with E-state index in [4.69, 9.17) is 27.9 Å². The number of methoxy groups -OCH3 is 1. The van der Waals surface area contributed by atoms with Crippen molar-refractivity contribution < 1.29 is 9.84 Å². The minimum atomic E-state index is -0.106. The van der Waals surface area contributed by atoms with Gasteiger partial charge in [-0.25, -0.2) is 19.0 Å². The molecule has 6 rings (SSSR count). The maximum Gasteiger partial charge on any atom is 0.162 e. The fourth-order valence-electron chi connectivity index (χ4n) is 3.83. The first-order chi connectivity index (χ1) is 18.1. The maximum atomic E-state index is 9.24. The Balaban J connectivity index is 0.000000152. The number of hydrogen-bond donors (Lipinski definition) is 1. The van der Waals surface area contributed by atoms with Gasteiger partial charge in [0.15, 0.2) is 11.3 Å². The predicted molar refractivity (Wildman–Crippen MR) is 144 cm³/mol. The monoisotopic (exact) mass is 532 g/mol. The third-order valence-electron chi connectivity index (χ3n) is 5.61. The Kier molecular flexibility index (Phi) is 7.43. The second kappa shape index (κ2) is 11.1. The summed E-state index contributed by atoms with van der Waals surface area (Å²) in [5, 5.41) is 18.5. The molecule has 2 aromatic carbocycles. The van der Waals surface area contributed by atoms with Crippen molar-refractivity contribution in [2.75, 3.05) is 7.11 Å². The minimum Gasteiger partial charge on any atom is -0.391 e. The van der Waals surface area contributed by atoms with Crippen LogP contribution in [0.25, 0.3) is 33.8 Å². The lowest BCUT2D eigenvalue weighted by atomic mass is 10.1. The Morgan fingerprint density at radius 1 is 0.730 bits per heavy atom. The zero-order valence-corrected chi connectivity index (χ0v) is 21.3. The summed E-state index contributed by atoms with van der Waals surface area (Å²) >= 11 is 12.4. The average molecular weight is 533 g/mol. The van der Waals surface area contributed by atoms with Gasteiger partial charge in [-0.2, -0.15) is 10.2 Å². The van der Waals surface area contributed by atoms with E-state index in [1.165, 1.54) is 4.52 Å². The molecule has 0 bridgehead atoms. The molecule has 0 amide bonds. The molecule has 0 aliphatic rings. The minimum absolute atomic E-state index is 0.106. The highest BCUT2D eigenvalue weighted by molar-refractivity contribution is 6.30. The van der Waals surface area contributed by atoms with Crippen molar-refractivity contribution in [1.82, 2.24) is 29.2 Å². The van der Waals surface area contributed by atoms with E-state index in [1.807, 2.05) is 66.7 Å². The van der Waals surface area contributed by atoms with Crippen LogP contribution in [0.3, 0.4) is 0 Å². The number of benzene rings is 2. The molecule has 0 unspecified atom stereocenters. The van der Waals surface area contributed by atoms with E-state index >= 15 is 0 Å².